The monoisotopic (exact) mass is 284 g/mol. The fraction of sp³-hybridized carbons (Fsp3) is 0.278. The van der Waals surface area contributed by atoms with E-state index in [4.69, 9.17) is 9.47 Å². The summed E-state index contributed by atoms with van der Waals surface area (Å²) in [6, 6.07) is 15.1. The Kier molecular flexibility index (Phi) is 5.38. The molecule has 2 rings (SSSR count). The highest BCUT2D eigenvalue weighted by Crippen LogP contribution is 2.26. The summed E-state index contributed by atoms with van der Waals surface area (Å²) >= 11 is 0. The van der Waals surface area contributed by atoms with E-state index in [2.05, 4.69) is 0 Å². The molecule has 0 aromatic heterocycles. The summed E-state index contributed by atoms with van der Waals surface area (Å²) in [4.78, 5) is 12.1. The Labute approximate surface area is 125 Å². The average Bonchev–Trinajstić information content (AvgIpc) is 2.54. The third-order valence-electron chi connectivity index (χ3n) is 3.29. The lowest BCUT2D eigenvalue weighted by atomic mass is 10.0. The molecule has 0 aliphatic carbocycles. The lowest BCUT2D eigenvalue weighted by molar-refractivity contribution is 0.0982. The van der Waals surface area contributed by atoms with Crippen molar-refractivity contribution >= 4 is 5.78 Å². The lowest BCUT2D eigenvalue weighted by Crippen LogP contribution is -2.03. The Morgan fingerprint density at radius 1 is 1.10 bits per heavy atom. The molecule has 2 aromatic carbocycles. The van der Waals surface area contributed by atoms with Gasteiger partial charge in [0.1, 0.15) is 11.5 Å². The van der Waals surface area contributed by atoms with Crippen molar-refractivity contribution in [3.63, 3.8) is 0 Å². The van der Waals surface area contributed by atoms with Crippen molar-refractivity contribution in [3.05, 3.63) is 59.7 Å². The van der Waals surface area contributed by atoms with Crippen LogP contribution in [0.15, 0.2) is 48.5 Å². The molecule has 21 heavy (non-hydrogen) atoms. The molecular weight excluding hydrogens is 264 g/mol. The Morgan fingerprint density at radius 2 is 1.86 bits per heavy atom. The minimum atomic E-state index is 0.147. The Hall–Kier alpha value is -2.29. The molecule has 0 unspecified atom stereocenters. The number of carbonyl (C=O) groups excluding carboxylic acids is 1. The SMILES string of the molecule is CCOc1cc(OC)ccc1CCC(=O)c1ccccc1. The minimum absolute atomic E-state index is 0.147. The van der Waals surface area contributed by atoms with E-state index in [-0.39, 0.29) is 5.78 Å². The van der Waals surface area contributed by atoms with Gasteiger partial charge in [0.15, 0.2) is 5.78 Å². The Morgan fingerprint density at radius 3 is 2.52 bits per heavy atom. The summed E-state index contributed by atoms with van der Waals surface area (Å²) in [5, 5.41) is 0. The van der Waals surface area contributed by atoms with Crippen molar-refractivity contribution in [2.24, 2.45) is 0 Å². The highest BCUT2D eigenvalue weighted by atomic mass is 16.5. The normalized spacial score (nSPS) is 10.2. The van der Waals surface area contributed by atoms with Crippen molar-refractivity contribution < 1.29 is 14.3 Å². The maximum absolute atomic E-state index is 12.1. The molecule has 2 aromatic rings. The molecule has 0 saturated carbocycles. The molecular formula is C18H20O3. The third kappa shape index (κ3) is 4.09. The number of hydrogen-bond donors (Lipinski definition) is 0. The predicted molar refractivity (Wildman–Crippen MR) is 83.3 cm³/mol. The second kappa shape index (κ2) is 7.48. The number of aryl methyl sites for hydroxylation is 1. The van der Waals surface area contributed by atoms with Gasteiger partial charge in [-0.2, -0.15) is 0 Å². The van der Waals surface area contributed by atoms with Gasteiger partial charge < -0.3 is 9.47 Å². The minimum Gasteiger partial charge on any atom is -0.497 e. The van der Waals surface area contributed by atoms with Crippen molar-refractivity contribution in [1.82, 2.24) is 0 Å². The molecule has 110 valence electrons. The zero-order valence-corrected chi connectivity index (χ0v) is 12.5. The summed E-state index contributed by atoms with van der Waals surface area (Å²) < 4.78 is 10.8. The molecule has 0 radical (unpaired) electrons. The number of methoxy groups -OCH3 is 1. The van der Waals surface area contributed by atoms with Crippen LogP contribution in [0.1, 0.15) is 29.3 Å². The highest BCUT2D eigenvalue weighted by Gasteiger charge is 2.10. The molecule has 0 aliphatic heterocycles. The van der Waals surface area contributed by atoms with Gasteiger partial charge in [0.05, 0.1) is 13.7 Å². The van der Waals surface area contributed by atoms with Crippen LogP contribution in [0.25, 0.3) is 0 Å². The van der Waals surface area contributed by atoms with Gasteiger partial charge in [0, 0.05) is 18.1 Å². The summed E-state index contributed by atoms with van der Waals surface area (Å²) in [6.07, 6.45) is 1.13. The number of hydrogen-bond acceptors (Lipinski definition) is 3. The predicted octanol–water partition coefficient (Wildman–Crippen LogP) is 3.91. The number of ether oxygens (including phenoxy) is 2. The largest absolute Gasteiger partial charge is 0.497 e. The fourth-order valence-electron chi connectivity index (χ4n) is 2.17. The van der Waals surface area contributed by atoms with E-state index in [9.17, 15) is 4.79 Å². The third-order valence-corrected chi connectivity index (χ3v) is 3.29. The smallest absolute Gasteiger partial charge is 0.163 e. The quantitative estimate of drug-likeness (QED) is 0.723. The summed E-state index contributed by atoms with van der Waals surface area (Å²) in [7, 11) is 1.63. The zero-order valence-electron chi connectivity index (χ0n) is 12.5. The van der Waals surface area contributed by atoms with Crippen molar-refractivity contribution in [1.29, 1.82) is 0 Å². The zero-order chi connectivity index (χ0) is 15.1. The van der Waals surface area contributed by atoms with E-state index in [0.717, 1.165) is 22.6 Å². The van der Waals surface area contributed by atoms with Gasteiger partial charge >= 0.3 is 0 Å². The van der Waals surface area contributed by atoms with Crippen molar-refractivity contribution in [2.75, 3.05) is 13.7 Å². The van der Waals surface area contributed by atoms with E-state index in [1.54, 1.807) is 7.11 Å². The first-order valence-corrected chi connectivity index (χ1v) is 7.12. The van der Waals surface area contributed by atoms with Crippen LogP contribution < -0.4 is 9.47 Å². The van der Waals surface area contributed by atoms with Gasteiger partial charge in [0.25, 0.3) is 0 Å². The maximum atomic E-state index is 12.1. The van der Waals surface area contributed by atoms with E-state index in [1.807, 2.05) is 55.5 Å². The molecule has 0 N–H and O–H groups in total. The fourth-order valence-corrected chi connectivity index (χ4v) is 2.17. The first kappa shape index (κ1) is 15.1. The van der Waals surface area contributed by atoms with Crippen LogP contribution in [0.5, 0.6) is 11.5 Å². The molecule has 0 atom stereocenters. The van der Waals surface area contributed by atoms with Crippen LogP contribution >= 0.6 is 0 Å². The van der Waals surface area contributed by atoms with Crippen LogP contribution in [0, 0.1) is 0 Å². The number of rotatable bonds is 7. The van der Waals surface area contributed by atoms with E-state index in [0.29, 0.717) is 19.4 Å². The molecule has 3 heteroatoms. The molecule has 0 saturated heterocycles. The maximum Gasteiger partial charge on any atom is 0.163 e. The highest BCUT2D eigenvalue weighted by molar-refractivity contribution is 5.96. The second-order valence-corrected chi connectivity index (χ2v) is 4.70. The number of ketones is 1. The van der Waals surface area contributed by atoms with Crippen LogP contribution in [0.3, 0.4) is 0 Å². The Bertz CT molecular complexity index is 591. The molecule has 0 bridgehead atoms. The number of carbonyl (C=O) groups is 1. The van der Waals surface area contributed by atoms with Crippen molar-refractivity contribution in [2.45, 2.75) is 19.8 Å². The van der Waals surface area contributed by atoms with Crippen LogP contribution in [0.4, 0.5) is 0 Å². The first-order chi connectivity index (χ1) is 10.2. The van der Waals surface area contributed by atoms with Crippen LogP contribution in [-0.2, 0) is 6.42 Å². The summed E-state index contributed by atoms with van der Waals surface area (Å²) in [6.45, 7) is 2.53. The Balaban J connectivity index is 2.07. The first-order valence-electron chi connectivity index (χ1n) is 7.12. The van der Waals surface area contributed by atoms with Crippen LogP contribution in [0.2, 0.25) is 0 Å². The van der Waals surface area contributed by atoms with Gasteiger partial charge in [-0.15, -0.1) is 0 Å². The van der Waals surface area contributed by atoms with Gasteiger partial charge in [-0.05, 0) is 25.0 Å². The van der Waals surface area contributed by atoms with E-state index in [1.165, 1.54) is 0 Å². The molecule has 0 heterocycles. The summed E-state index contributed by atoms with van der Waals surface area (Å²) in [5.74, 6) is 1.70. The van der Waals surface area contributed by atoms with E-state index >= 15 is 0 Å². The van der Waals surface area contributed by atoms with E-state index < -0.39 is 0 Å². The average molecular weight is 284 g/mol. The molecule has 0 spiro atoms. The topological polar surface area (TPSA) is 35.5 Å². The second-order valence-electron chi connectivity index (χ2n) is 4.70. The summed E-state index contributed by atoms with van der Waals surface area (Å²) in [5.41, 5.74) is 1.78. The molecule has 0 aliphatic rings. The van der Waals surface area contributed by atoms with Gasteiger partial charge in [-0.25, -0.2) is 0 Å². The van der Waals surface area contributed by atoms with Crippen molar-refractivity contribution in [3.8, 4) is 11.5 Å². The number of Topliss-reactive ketones (excluding diaryl/α,β-unsaturated/α-hetero) is 1. The lowest BCUT2D eigenvalue weighted by Gasteiger charge is -2.11. The molecule has 0 fully saturated rings. The molecule has 0 amide bonds. The van der Waals surface area contributed by atoms with Crippen LogP contribution in [-0.4, -0.2) is 19.5 Å². The number of benzene rings is 2. The van der Waals surface area contributed by atoms with Gasteiger partial charge in [-0.1, -0.05) is 36.4 Å². The molecule has 3 nitrogen and oxygen atoms in total. The van der Waals surface area contributed by atoms with Gasteiger partial charge in [-0.3, -0.25) is 4.79 Å². The van der Waals surface area contributed by atoms with Gasteiger partial charge in [0.2, 0.25) is 0 Å². The standard InChI is InChI=1S/C18H20O3/c1-3-21-18-13-16(20-2)11-9-15(18)10-12-17(19)14-7-5-4-6-8-14/h4-9,11,13H,3,10,12H2,1-2H3.